The summed E-state index contributed by atoms with van der Waals surface area (Å²) in [5.41, 5.74) is 1.95. The number of carbonyl (C=O) groups excluding carboxylic acids is 1. The van der Waals surface area contributed by atoms with Gasteiger partial charge in [-0.25, -0.2) is 0 Å². The number of ether oxygens (including phenoxy) is 2. The van der Waals surface area contributed by atoms with Gasteiger partial charge in [0.1, 0.15) is 5.69 Å². The standard InChI is InChI=1S/C26H29F3N6O3/c1-4-38-25-23(35-7-9-37-10-8-35)13-22(33-34-25)20-12-19(15-31-16(20)2)32-24(36)17-5-6-18(14-30-3)21(11-17)26(27,28)29/h5-6,11-13,15,30H,4,7-10,14H2,1-3H3,(H,32,36). The zero-order valence-corrected chi connectivity index (χ0v) is 21.4. The van der Waals surface area contributed by atoms with Crippen LogP contribution < -0.4 is 20.3 Å². The van der Waals surface area contributed by atoms with Crippen LogP contribution in [0, 0.1) is 6.92 Å². The van der Waals surface area contributed by atoms with Crippen molar-refractivity contribution >= 4 is 17.3 Å². The lowest BCUT2D eigenvalue weighted by Crippen LogP contribution is -2.36. The zero-order chi connectivity index (χ0) is 27.3. The molecule has 3 heterocycles. The maximum Gasteiger partial charge on any atom is 0.416 e. The average molecular weight is 531 g/mol. The van der Waals surface area contributed by atoms with Crippen molar-refractivity contribution in [3.8, 4) is 17.1 Å². The van der Waals surface area contributed by atoms with E-state index in [-0.39, 0.29) is 17.7 Å². The molecule has 1 amide bonds. The molecule has 38 heavy (non-hydrogen) atoms. The van der Waals surface area contributed by atoms with Gasteiger partial charge in [0.15, 0.2) is 0 Å². The summed E-state index contributed by atoms with van der Waals surface area (Å²) in [5, 5.41) is 13.9. The van der Waals surface area contributed by atoms with Crippen LogP contribution in [0.1, 0.15) is 34.1 Å². The average Bonchev–Trinajstić information content (AvgIpc) is 2.90. The second kappa shape index (κ2) is 11.7. The lowest BCUT2D eigenvalue weighted by Gasteiger charge is -2.29. The van der Waals surface area contributed by atoms with Gasteiger partial charge < -0.3 is 25.0 Å². The highest BCUT2D eigenvalue weighted by Crippen LogP contribution is 2.34. The number of carbonyl (C=O) groups is 1. The van der Waals surface area contributed by atoms with Crippen molar-refractivity contribution in [1.82, 2.24) is 20.5 Å². The monoisotopic (exact) mass is 530 g/mol. The number of anilines is 2. The fourth-order valence-electron chi connectivity index (χ4n) is 4.16. The summed E-state index contributed by atoms with van der Waals surface area (Å²) in [4.78, 5) is 19.4. The summed E-state index contributed by atoms with van der Waals surface area (Å²) in [7, 11) is 1.56. The van der Waals surface area contributed by atoms with E-state index in [9.17, 15) is 18.0 Å². The summed E-state index contributed by atoms with van der Waals surface area (Å²) in [6.07, 6.45) is -3.15. The van der Waals surface area contributed by atoms with E-state index < -0.39 is 17.6 Å². The first-order chi connectivity index (χ1) is 18.2. The molecule has 12 heteroatoms. The SMILES string of the molecule is CCOc1nnc(-c2cc(NC(=O)c3ccc(CNC)c(C(F)(F)F)c3)cnc2C)cc1N1CCOCC1. The molecule has 0 radical (unpaired) electrons. The number of rotatable bonds is 8. The predicted octanol–water partition coefficient (Wildman–Crippen LogP) is 4.07. The molecular weight excluding hydrogens is 501 g/mol. The number of benzene rings is 1. The first kappa shape index (κ1) is 27.3. The topological polar surface area (TPSA) is 102 Å². The third kappa shape index (κ3) is 6.20. The maximum absolute atomic E-state index is 13.6. The highest BCUT2D eigenvalue weighted by atomic mass is 19.4. The number of amides is 1. The Balaban J connectivity index is 1.63. The van der Waals surface area contributed by atoms with E-state index in [1.807, 2.05) is 13.0 Å². The number of hydrogen-bond acceptors (Lipinski definition) is 8. The third-order valence-electron chi connectivity index (χ3n) is 6.04. The van der Waals surface area contributed by atoms with Crippen LogP contribution in [-0.4, -0.2) is 61.0 Å². The summed E-state index contributed by atoms with van der Waals surface area (Å²) < 4.78 is 51.8. The number of pyridine rings is 1. The molecule has 2 aromatic heterocycles. The van der Waals surface area contributed by atoms with Crippen molar-refractivity contribution in [1.29, 1.82) is 0 Å². The molecule has 0 bridgehead atoms. The smallest absolute Gasteiger partial charge is 0.416 e. The third-order valence-corrected chi connectivity index (χ3v) is 6.04. The number of halogens is 3. The molecule has 0 saturated carbocycles. The van der Waals surface area contributed by atoms with Crippen LogP contribution in [0.3, 0.4) is 0 Å². The van der Waals surface area contributed by atoms with Crippen molar-refractivity contribution in [2.24, 2.45) is 0 Å². The van der Waals surface area contributed by atoms with Gasteiger partial charge >= 0.3 is 6.18 Å². The van der Waals surface area contributed by atoms with E-state index in [0.29, 0.717) is 61.4 Å². The van der Waals surface area contributed by atoms with E-state index in [4.69, 9.17) is 9.47 Å². The number of hydrogen-bond donors (Lipinski definition) is 2. The summed E-state index contributed by atoms with van der Waals surface area (Å²) in [6.45, 7) is 6.62. The fourth-order valence-corrected chi connectivity index (χ4v) is 4.16. The van der Waals surface area contributed by atoms with Crippen LogP contribution in [0.15, 0.2) is 36.5 Å². The Bertz CT molecular complexity index is 1300. The van der Waals surface area contributed by atoms with Gasteiger partial charge in [0.25, 0.3) is 11.8 Å². The molecule has 202 valence electrons. The van der Waals surface area contributed by atoms with Crippen LogP contribution in [-0.2, 0) is 17.5 Å². The maximum atomic E-state index is 13.6. The Hall–Kier alpha value is -3.77. The molecule has 1 aliphatic rings. The van der Waals surface area contributed by atoms with Crippen molar-refractivity contribution < 1.29 is 27.4 Å². The van der Waals surface area contributed by atoms with Crippen molar-refractivity contribution in [3.63, 3.8) is 0 Å². The first-order valence-electron chi connectivity index (χ1n) is 12.2. The minimum Gasteiger partial charge on any atom is -0.475 e. The molecule has 1 aromatic carbocycles. The lowest BCUT2D eigenvalue weighted by molar-refractivity contribution is -0.138. The second-order valence-electron chi connectivity index (χ2n) is 8.66. The Labute approximate surface area is 218 Å². The Kier molecular flexibility index (Phi) is 8.42. The minimum atomic E-state index is -4.59. The van der Waals surface area contributed by atoms with Crippen LogP contribution in [0.25, 0.3) is 11.3 Å². The quantitative estimate of drug-likeness (QED) is 0.450. The number of nitrogens with one attached hydrogen (secondary N) is 2. The van der Waals surface area contributed by atoms with Crippen molar-refractivity contribution in [3.05, 3.63) is 58.9 Å². The summed E-state index contributed by atoms with van der Waals surface area (Å²) in [5.74, 6) is -0.273. The molecule has 9 nitrogen and oxygen atoms in total. The molecule has 0 aliphatic carbocycles. The molecule has 0 spiro atoms. The molecule has 0 atom stereocenters. The molecule has 0 unspecified atom stereocenters. The molecule has 1 saturated heterocycles. The molecule has 2 N–H and O–H groups in total. The summed E-state index contributed by atoms with van der Waals surface area (Å²) in [6, 6.07) is 7.06. The molecule has 1 fully saturated rings. The van der Waals surface area contributed by atoms with Gasteiger partial charge in [-0.3, -0.25) is 9.78 Å². The highest BCUT2D eigenvalue weighted by Gasteiger charge is 2.34. The van der Waals surface area contributed by atoms with E-state index in [2.05, 4.69) is 30.7 Å². The van der Waals surface area contributed by atoms with Crippen molar-refractivity contribution in [2.75, 3.05) is 50.2 Å². The largest absolute Gasteiger partial charge is 0.475 e. The normalized spacial score (nSPS) is 13.9. The lowest BCUT2D eigenvalue weighted by atomic mass is 10.0. The van der Waals surface area contributed by atoms with E-state index >= 15 is 0 Å². The van der Waals surface area contributed by atoms with E-state index in [1.165, 1.54) is 18.3 Å². The molecule has 1 aliphatic heterocycles. The number of nitrogens with zero attached hydrogens (tertiary/aromatic N) is 4. The fraction of sp³-hybridized carbons (Fsp3) is 0.385. The molecular formula is C26H29F3N6O3. The number of morpholine rings is 1. The number of aryl methyl sites for hydroxylation is 1. The summed E-state index contributed by atoms with van der Waals surface area (Å²) >= 11 is 0. The van der Waals surface area contributed by atoms with Crippen LogP contribution in [0.5, 0.6) is 5.88 Å². The Morgan fingerprint density at radius 2 is 1.92 bits per heavy atom. The van der Waals surface area contributed by atoms with Gasteiger partial charge in [0.05, 0.1) is 43.0 Å². The Morgan fingerprint density at radius 1 is 1.16 bits per heavy atom. The van der Waals surface area contributed by atoms with Gasteiger partial charge in [-0.2, -0.15) is 13.2 Å². The van der Waals surface area contributed by atoms with Gasteiger partial charge in [0.2, 0.25) is 0 Å². The van der Waals surface area contributed by atoms with Gasteiger partial charge in [-0.05, 0) is 50.7 Å². The van der Waals surface area contributed by atoms with Crippen molar-refractivity contribution in [2.45, 2.75) is 26.6 Å². The van der Waals surface area contributed by atoms with E-state index in [0.717, 1.165) is 11.8 Å². The van der Waals surface area contributed by atoms with Crippen LogP contribution in [0.4, 0.5) is 24.5 Å². The van der Waals surface area contributed by atoms with Gasteiger partial charge in [0, 0.05) is 36.5 Å². The van der Waals surface area contributed by atoms with E-state index in [1.54, 1.807) is 20.0 Å². The molecule has 3 aromatic rings. The zero-order valence-electron chi connectivity index (χ0n) is 21.4. The van der Waals surface area contributed by atoms with Crippen LogP contribution in [0.2, 0.25) is 0 Å². The Morgan fingerprint density at radius 3 is 2.61 bits per heavy atom. The number of aromatic nitrogens is 3. The number of alkyl halides is 3. The molecule has 4 rings (SSSR count). The van der Waals surface area contributed by atoms with Crippen LogP contribution >= 0.6 is 0 Å². The van der Waals surface area contributed by atoms with Gasteiger partial charge in [-0.1, -0.05) is 6.07 Å². The highest BCUT2D eigenvalue weighted by molar-refractivity contribution is 6.04. The first-order valence-corrected chi connectivity index (χ1v) is 12.2. The minimum absolute atomic E-state index is 0.0253. The van der Waals surface area contributed by atoms with Gasteiger partial charge in [-0.15, -0.1) is 10.2 Å². The second-order valence-corrected chi connectivity index (χ2v) is 8.66. The predicted molar refractivity (Wildman–Crippen MR) is 136 cm³/mol.